The van der Waals surface area contributed by atoms with Gasteiger partial charge in [0.2, 0.25) is 0 Å². The minimum atomic E-state index is -0.878. The summed E-state index contributed by atoms with van der Waals surface area (Å²) in [4.78, 5) is 24.5. The van der Waals surface area contributed by atoms with Crippen LogP contribution in [0.15, 0.2) is 51.7 Å². The van der Waals surface area contributed by atoms with Gasteiger partial charge in [0.05, 0.1) is 0 Å². The van der Waals surface area contributed by atoms with E-state index in [4.69, 9.17) is 4.74 Å². The molecular weight excluding hydrogens is 503 g/mol. The Labute approximate surface area is 196 Å². The molecule has 2 amide bonds. The van der Waals surface area contributed by atoms with Gasteiger partial charge in [0.25, 0.3) is 5.56 Å². The lowest BCUT2D eigenvalue weighted by Crippen LogP contribution is -2.35. The van der Waals surface area contributed by atoms with Gasteiger partial charge in [-0.25, -0.2) is 18.0 Å². The maximum atomic E-state index is 14.2. The molecule has 0 saturated carbocycles. The van der Waals surface area contributed by atoms with E-state index in [0.29, 0.717) is 17.7 Å². The Morgan fingerprint density at radius 3 is 2.42 bits per heavy atom. The first-order valence-corrected chi connectivity index (χ1v) is 10.8. The number of aromatic nitrogens is 1. The summed E-state index contributed by atoms with van der Waals surface area (Å²) in [5, 5.41) is 5.21. The molecule has 0 fully saturated rings. The Morgan fingerprint density at radius 1 is 1.06 bits per heavy atom. The largest absolute Gasteiger partial charge is 0.487 e. The summed E-state index contributed by atoms with van der Waals surface area (Å²) in [6.07, 6.45) is 0. The molecule has 6 nitrogen and oxygen atoms in total. The molecular formula is C23H21BrF3N3O3. The van der Waals surface area contributed by atoms with E-state index in [9.17, 15) is 22.8 Å². The molecule has 10 heteroatoms. The van der Waals surface area contributed by atoms with E-state index in [1.165, 1.54) is 37.3 Å². The zero-order chi connectivity index (χ0) is 24.1. The molecule has 3 aromatic rings. The van der Waals surface area contributed by atoms with Crippen LogP contribution in [-0.4, -0.2) is 17.1 Å². The Hall–Kier alpha value is -3.27. The Bertz CT molecular complexity index is 1230. The molecule has 0 radical (unpaired) electrons. The van der Waals surface area contributed by atoms with Gasteiger partial charge in [-0.15, -0.1) is 0 Å². The first-order chi connectivity index (χ1) is 15.7. The third-order valence-electron chi connectivity index (χ3n) is 4.79. The first-order valence-electron chi connectivity index (χ1n) is 10.0. The highest BCUT2D eigenvalue weighted by atomic mass is 79.9. The number of carbonyl (C=O) groups is 1. The highest BCUT2D eigenvalue weighted by molar-refractivity contribution is 9.10. The van der Waals surface area contributed by atoms with Crippen molar-refractivity contribution in [2.24, 2.45) is 0 Å². The maximum Gasteiger partial charge on any atom is 0.315 e. The highest BCUT2D eigenvalue weighted by Gasteiger charge is 2.19. The van der Waals surface area contributed by atoms with Crippen LogP contribution < -0.4 is 20.9 Å². The summed E-state index contributed by atoms with van der Waals surface area (Å²) in [7, 11) is 0. The lowest BCUT2D eigenvalue weighted by Gasteiger charge is -2.16. The number of urea groups is 1. The van der Waals surface area contributed by atoms with Crippen LogP contribution in [0.5, 0.6) is 5.75 Å². The number of nitrogens with one attached hydrogen (secondary N) is 2. The van der Waals surface area contributed by atoms with Crippen molar-refractivity contribution in [1.29, 1.82) is 0 Å². The topological polar surface area (TPSA) is 72.4 Å². The van der Waals surface area contributed by atoms with Crippen molar-refractivity contribution in [3.8, 4) is 11.4 Å². The summed E-state index contributed by atoms with van der Waals surface area (Å²) in [6.45, 7) is 3.76. The van der Waals surface area contributed by atoms with Crippen LogP contribution in [0.1, 0.15) is 23.7 Å². The smallest absolute Gasteiger partial charge is 0.315 e. The third-order valence-corrected chi connectivity index (χ3v) is 5.52. The molecule has 0 atom stereocenters. The van der Waals surface area contributed by atoms with Crippen LogP contribution in [-0.2, 0) is 13.2 Å². The number of rotatable bonds is 7. The number of para-hydroxylation sites is 1. The molecule has 1 aromatic heterocycles. The van der Waals surface area contributed by atoms with E-state index in [1.54, 1.807) is 6.92 Å². The predicted molar refractivity (Wildman–Crippen MR) is 121 cm³/mol. The zero-order valence-corrected chi connectivity index (χ0v) is 19.4. The zero-order valence-electron chi connectivity index (χ0n) is 17.8. The highest BCUT2D eigenvalue weighted by Crippen LogP contribution is 2.27. The van der Waals surface area contributed by atoms with E-state index in [2.05, 4.69) is 26.6 Å². The minimum Gasteiger partial charge on any atom is -0.487 e. The number of nitrogens with zero attached hydrogens (tertiary/aromatic N) is 1. The first kappa shape index (κ1) is 24.4. The van der Waals surface area contributed by atoms with Gasteiger partial charge >= 0.3 is 6.03 Å². The van der Waals surface area contributed by atoms with Crippen LogP contribution in [0.3, 0.4) is 0 Å². The molecule has 0 aliphatic heterocycles. The van der Waals surface area contributed by atoms with Crippen LogP contribution in [0, 0.1) is 24.4 Å². The van der Waals surface area contributed by atoms with Crippen LogP contribution in [0.4, 0.5) is 18.0 Å². The predicted octanol–water partition coefficient (Wildman–Crippen LogP) is 4.72. The van der Waals surface area contributed by atoms with Crippen LogP contribution in [0.25, 0.3) is 5.69 Å². The summed E-state index contributed by atoms with van der Waals surface area (Å²) in [6, 6.07) is 8.46. The molecule has 0 aliphatic rings. The van der Waals surface area contributed by atoms with Crippen LogP contribution >= 0.6 is 15.9 Å². The number of aryl methyl sites for hydroxylation is 1. The standard InChI is InChI=1S/C23H21BrF3N3O3/c1-3-28-23(32)29-11-15-10-16(25)8-7-14(15)12-33-19-9-13(2)30(22(31)20(19)24)21-17(26)5-4-6-18(21)27/h4-10H,3,11-12H2,1-2H3,(H2,28,29,32). The van der Waals surface area contributed by atoms with E-state index >= 15 is 0 Å². The summed E-state index contributed by atoms with van der Waals surface area (Å²) in [5.41, 5.74) is 0.146. The Morgan fingerprint density at radius 2 is 1.76 bits per heavy atom. The fourth-order valence-corrected chi connectivity index (χ4v) is 3.63. The molecule has 33 heavy (non-hydrogen) atoms. The minimum absolute atomic E-state index is 0.0279. The van der Waals surface area contributed by atoms with Crippen molar-refractivity contribution >= 4 is 22.0 Å². The molecule has 0 spiro atoms. The SMILES string of the molecule is CCNC(=O)NCc1cc(F)ccc1COc1cc(C)n(-c2c(F)cccc2F)c(=O)c1Br. The van der Waals surface area contributed by atoms with Gasteiger partial charge in [-0.2, -0.15) is 0 Å². The number of ether oxygens (including phenoxy) is 1. The second kappa shape index (κ2) is 10.6. The average Bonchev–Trinajstić information content (AvgIpc) is 2.77. The molecule has 2 N–H and O–H groups in total. The summed E-state index contributed by atoms with van der Waals surface area (Å²) in [5.74, 6) is -2.08. The second-order valence-corrected chi connectivity index (χ2v) is 7.88. The lowest BCUT2D eigenvalue weighted by atomic mass is 10.1. The van der Waals surface area contributed by atoms with Crippen molar-refractivity contribution in [2.75, 3.05) is 6.54 Å². The van der Waals surface area contributed by atoms with Gasteiger partial charge in [-0.3, -0.25) is 9.36 Å². The quantitative estimate of drug-likeness (QED) is 0.470. The number of benzene rings is 2. The molecule has 2 aromatic carbocycles. The summed E-state index contributed by atoms with van der Waals surface area (Å²) < 4.78 is 48.9. The Balaban J connectivity index is 1.87. The van der Waals surface area contributed by atoms with Gasteiger partial charge < -0.3 is 15.4 Å². The summed E-state index contributed by atoms with van der Waals surface area (Å²) >= 11 is 3.15. The van der Waals surface area contributed by atoms with E-state index in [-0.39, 0.29) is 29.1 Å². The number of hydrogen-bond acceptors (Lipinski definition) is 3. The Kier molecular flexibility index (Phi) is 7.80. The van der Waals surface area contributed by atoms with Crippen molar-refractivity contribution in [1.82, 2.24) is 15.2 Å². The van der Waals surface area contributed by atoms with Gasteiger partial charge in [0.1, 0.15) is 40.0 Å². The van der Waals surface area contributed by atoms with Gasteiger partial charge in [0.15, 0.2) is 0 Å². The number of hydrogen-bond donors (Lipinski definition) is 2. The molecule has 0 unspecified atom stereocenters. The third kappa shape index (κ3) is 5.57. The second-order valence-electron chi connectivity index (χ2n) is 7.09. The molecule has 0 saturated heterocycles. The normalized spacial score (nSPS) is 10.7. The van der Waals surface area contributed by atoms with Crippen molar-refractivity contribution < 1.29 is 22.7 Å². The fourth-order valence-electron chi connectivity index (χ4n) is 3.22. The monoisotopic (exact) mass is 523 g/mol. The van der Waals surface area contributed by atoms with Crippen molar-refractivity contribution in [3.05, 3.63) is 91.6 Å². The maximum absolute atomic E-state index is 14.2. The molecule has 0 bridgehead atoms. The fraction of sp³-hybridized carbons (Fsp3) is 0.217. The van der Waals surface area contributed by atoms with E-state index in [1.807, 2.05) is 0 Å². The number of amides is 2. The average molecular weight is 524 g/mol. The number of carbonyl (C=O) groups excluding carboxylic acids is 1. The molecule has 0 aliphatic carbocycles. The van der Waals surface area contributed by atoms with Gasteiger partial charge in [-0.05, 0) is 65.2 Å². The molecule has 174 valence electrons. The molecule has 3 rings (SSSR count). The van der Waals surface area contributed by atoms with E-state index in [0.717, 1.165) is 16.7 Å². The lowest BCUT2D eigenvalue weighted by molar-refractivity contribution is 0.241. The number of pyridine rings is 1. The van der Waals surface area contributed by atoms with Crippen LogP contribution in [0.2, 0.25) is 0 Å². The van der Waals surface area contributed by atoms with Crippen molar-refractivity contribution in [2.45, 2.75) is 27.0 Å². The van der Waals surface area contributed by atoms with Gasteiger partial charge in [-0.1, -0.05) is 12.1 Å². The van der Waals surface area contributed by atoms with E-state index < -0.39 is 34.7 Å². The molecule has 1 heterocycles. The van der Waals surface area contributed by atoms with Crippen molar-refractivity contribution in [3.63, 3.8) is 0 Å². The van der Waals surface area contributed by atoms with Gasteiger partial charge in [0, 0.05) is 24.8 Å². The number of halogens is 4.